The van der Waals surface area contributed by atoms with Crippen molar-refractivity contribution in [2.24, 2.45) is 5.92 Å². The topological polar surface area (TPSA) is 82.1 Å². The van der Waals surface area contributed by atoms with Crippen LogP contribution in [0.1, 0.15) is 19.3 Å². The number of piperidine rings is 1. The molecule has 0 unspecified atom stereocenters. The number of fused-ring (bicyclic) bond motifs is 1. The van der Waals surface area contributed by atoms with Gasteiger partial charge in [0.15, 0.2) is 11.5 Å². The molecule has 7 nitrogen and oxygen atoms in total. The maximum atomic E-state index is 13.1. The van der Waals surface area contributed by atoms with E-state index in [1.165, 1.54) is 28.6 Å². The van der Waals surface area contributed by atoms with Gasteiger partial charge in [0, 0.05) is 30.6 Å². The number of ether oxygens (including phenoxy) is 3. The summed E-state index contributed by atoms with van der Waals surface area (Å²) >= 11 is 11.9. The number of hydrogen-bond donors (Lipinski definition) is 0. The summed E-state index contributed by atoms with van der Waals surface area (Å²) in [5, 5.41) is 0.688. The van der Waals surface area contributed by atoms with Crippen LogP contribution in [0.3, 0.4) is 0 Å². The number of carbonyl (C=O) groups is 1. The van der Waals surface area contributed by atoms with Gasteiger partial charge in [-0.05, 0) is 43.2 Å². The predicted octanol–water partition coefficient (Wildman–Crippen LogP) is 4.16. The van der Waals surface area contributed by atoms with Gasteiger partial charge in [-0.25, -0.2) is 8.42 Å². The zero-order valence-corrected chi connectivity index (χ0v) is 18.9. The molecule has 0 bridgehead atoms. The van der Waals surface area contributed by atoms with E-state index in [1.807, 2.05) is 0 Å². The minimum absolute atomic E-state index is 0.144. The van der Waals surface area contributed by atoms with E-state index < -0.39 is 21.9 Å². The van der Waals surface area contributed by atoms with Crippen LogP contribution in [0.5, 0.6) is 17.2 Å². The molecule has 0 aromatic heterocycles. The van der Waals surface area contributed by atoms with Gasteiger partial charge in [0.1, 0.15) is 5.75 Å². The largest absolute Gasteiger partial charge is 0.490 e. The van der Waals surface area contributed by atoms with Crippen molar-refractivity contribution < 1.29 is 27.4 Å². The highest BCUT2D eigenvalue weighted by Gasteiger charge is 2.33. The van der Waals surface area contributed by atoms with E-state index in [0.717, 1.165) is 6.42 Å². The Bertz CT molecular complexity index is 1080. The second-order valence-corrected chi connectivity index (χ2v) is 10.1. The van der Waals surface area contributed by atoms with Gasteiger partial charge < -0.3 is 14.2 Å². The molecule has 0 atom stereocenters. The first-order valence-electron chi connectivity index (χ1n) is 9.91. The quantitative estimate of drug-likeness (QED) is 0.477. The van der Waals surface area contributed by atoms with Crippen molar-refractivity contribution in [1.29, 1.82) is 0 Å². The molecule has 2 heterocycles. The van der Waals surface area contributed by atoms with Gasteiger partial charge in [-0.1, -0.05) is 23.2 Å². The third-order valence-electron chi connectivity index (χ3n) is 5.25. The molecule has 2 aliphatic heterocycles. The van der Waals surface area contributed by atoms with E-state index in [2.05, 4.69) is 0 Å². The number of esters is 1. The van der Waals surface area contributed by atoms with Gasteiger partial charge in [0.25, 0.3) is 0 Å². The van der Waals surface area contributed by atoms with Gasteiger partial charge in [0.05, 0.1) is 29.0 Å². The van der Waals surface area contributed by atoms with E-state index in [-0.39, 0.29) is 28.8 Å². The minimum atomic E-state index is -3.72. The van der Waals surface area contributed by atoms with Crippen molar-refractivity contribution >= 4 is 39.2 Å². The summed E-state index contributed by atoms with van der Waals surface area (Å²) in [6.45, 7) is 1.43. The number of rotatable bonds is 4. The number of carbonyl (C=O) groups excluding carboxylic acids is 1. The highest BCUT2D eigenvalue weighted by molar-refractivity contribution is 7.89. The Morgan fingerprint density at radius 2 is 1.71 bits per heavy atom. The first-order valence-corrected chi connectivity index (χ1v) is 12.1. The average molecular weight is 486 g/mol. The predicted molar refractivity (Wildman–Crippen MR) is 116 cm³/mol. The Balaban J connectivity index is 1.41. The summed E-state index contributed by atoms with van der Waals surface area (Å²) in [7, 11) is -3.72. The van der Waals surface area contributed by atoms with E-state index in [1.54, 1.807) is 12.1 Å². The SMILES string of the molecule is O=C(Oc1ccc(Cl)cc1Cl)C1CCN(S(=O)(=O)c2ccc3c(c2)OCCCO3)CC1. The lowest BCUT2D eigenvalue weighted by atomic mass is 9.98. The molecule has 1 saturated heterocycles. The minimum Gasteiger partial charge on any atom is -0.490 e. The summed E-state index contributed by atoms with van der Waals surface area (Å²) in [6.07, 6.45) is 1.45. The van der Waals surface area contributed by atoms with Crippen molar-refractivity contribution in [1.82, 2.24) is 4.31 Å². The van der Waals surface area contributed by atoms with Crippen LogP contribution in [-0.4, -0.2) is 45.0 Å². The number of halogens is 2. The first kappa shape index (κ1) is 22.2. The summed E-state index contributed by atoms with van der Waals surface area (Å²) in [6, 6.07) is 9.25. The van der Waals surface area contributed by atoms with Crippen LogP contribution in [0.15, 0.2) is 41.3 Å². The second kappa shape index (κ2) is 9.24. The van der Waals surface area contributed by atoms with Crippen molar-refractivity contribution in [3.8, 4) is 17.2 Å². The van der Waals surface area contributed by atoms with Crippen LogP contribution in [0.2, 0.25) is 10.0 Å². The Morgan fingerprint density at radius 3 is 2.42 bits per heavy atom. The van der Waals surface area contributed by atoms with E-state index in [9.17, 15) is 13.2 Å². The molecule has 166 valence electrons. The van der Waals surface area contributed by atoms with Crippen molar-refractivity contribution in [3.05, 3.63) is 46.4 Å². The monoisotopic (exact) mass is 485 g/mol. The number of benzene rings is 2. The second-order valence-electron chi connectivity index (χ2n) is 7.33. The van der Waals surface area contributed by atoms with Gasteiger partial charge in [-0.2, -0.15) is 4.31 Å². The maximum absolute atomic E-state index is 13.1. The van der Waals surface area contributed by atoms with Gasteiger partial charge in [-0.3, -0.25) is 4.79 Å². The molecule has 0 aliphatic carbocycles. The molecular formula is C21H21Cl2NO6S. The molecule has 0 N–H and O–H groups in total. The highest BCUT2D eigenvalue weighted by Crippen LogP contribution is 2.34. The van der Waals surface area contributed by atoms with Crippen LogP contribution in [0.25, 0.3) is 0 Å². The number of hydrogen-bond acceptors (Lipinski definition) is 6. The Kier molecular flexibility index (Phi) is 6.62. The van der Waals surface area contributed by atoms with E-state index >= 15 is 0 Å². The van der Waals surface area contributed by atoms with Crippen LogP contribution >= 0.6 is 23.2 Å². The Hall–Kier alpha value is -2.00. The fraction of sp³-hybridized carbons (Fsp3) is 0.381. The Labute approximate surface area is 190 Å². The standard InChI is InChI=1S/C21H21Cl2NO6S/c22-15-2-4-18(17(23)12-15)30-21(25)14-6-8-24(9-7-14)31(26,27)16-3-5-19-20(13-16)29-11-1-10-28-19/h2-5,12-14H,1,6-11H2. The average Bonchev–Trinajstić information content (AvgIpc) is 3.00. The molecule has 31 heavy (non-hydrogen) atoms. The number of nitrogens with zero attached hydrogens (tertiary/aromatic N) is 1. The lowest BCUT2D eigenvalue weighted by Gasteiger charge is -2.30. The molecule has 10 heteroatoms. The van der Waals surface area contributed by atoms with Crippen molar-refractivity contribution in [2.75, 3.05) is 26.3 Å². The molecule has 0 radical (unpaired) electrons. The van der Waals surface area contributed by atoms with Crippen LogP contribution in [0, 0.1) is 5.92 Å². The van der Waals surface area contributed by atoms with Crippen molar-refractivity contribution in [3.63, 3.8) is 0 Å². The third-order valence-corrected chi connectivity index (χ3v) is 7.67. The lowest BCUT2D eigenvalue weighted by molar-refractivity contribution is -0.140. The van der Waals surface area contributed by atoms with E-state index in [4.69, 9.17) is 37.4 Å². The molecule has 0 amide bonds. The third kappa shape index (κ3) is 4.92. The molecule has 2 aliphatic rings. The van der Waals surface area contributed by atoms with E-state index in [0.29, 0.717) is 42.6 Å². The highest BCUT2D eigenvalue weighted by atomic mass is 35.5. The molecule has 0 spiro atoms. The molecule has 2 aromatic rings. The fourth-order valence-electron chi connectivity index (χ4n) is 3.53. The molecule has 4 rings (SSSR count). The molecular weight excluding hydrogens is 465 g/mol. The molecule has 1 fully saturated rings. The summed E-state index contributed by atoms with van der Waals surface area (Å²) in [4.78, 5) is 12.7. The maximum Gasteiger partial charge on any atom is 0.314 e. The molecule has 0 saturated carbocycles. The fourth-order valence-corrected chi connectivity index (χ4v) is 5.47. The normalized spacial score (nSPS) is 17.7. The van der Waals surface area contributed by atoms with Crippen LogP contribution in [-0.2, 0) is 14.8 Å². The first-order chi connectivity index (χ1) is 14.8. The van der Waals surface area contributed by atoms with Gasteiger partial charge >= 0.3 is 5.97 Å². The van der Waals surface area contributed by atoms with Gasteiger partial charge in [0.2, 0.25) is 10.0 Å². The Morgan fingerprint density at radius 1 is 1.00 bits per heavy atom. The van der Waals surface area contributed by atoms with Crippen LogP contribution in [0.4, 0.5) is 0 Å². The van der Waals surface area contributed by atoms with Gasteiger partial charge in [-0.15, -0.1) is 0 Å². The van der Waals surface area contributed by atoms with Crippen LogP contribution < -0.4 is 14.2 Å². The summed E-state index contributed by atoms with van der Waals surface area (Å²) in [5.74, 6) is 0.354. The summed E-state index contributed by atoms with van der Waals surface area (Å²) in [5.41, 5.74) is 0. The zero-order valence-electron chi connectivity index (χ0n) is 16.6. The number of sulfonamides is 1. The smallest absolute Gasteiger partial charge is 0.314 e. The summed E-state index contributed by atoms with van der Waals surface area (Å²) < 4.78 is 44.1. The molecule has 2 aromatic carbocycles. The zero-order chi connectivity index (χ0) is 22.0. The lowest BCUT2D eigenvalue weighted by Crippen LogP contribution is -2.41. The van der Waals surface area contributed by atoms with Crippen molar-refractivity contribution in [2.45, 2.75) is 24.2 Å².